The maximum Gasteiger partial charge on any atom is 0.268 e. The Morgan fingerprint density at radius 2 is 1.84 bits per heavy atom. The van der Waals surface area contributed by atoms with Crippen LogP contribution in [0.5, 0.6) is 0 Å². The predicted molar refractivity (Wildman–Crippen MR) is 123 cm³/mol. The lowest BCUT2D eigenvalue weighted by Crippen LogP contribution is -2.51. The number of hydrogen-bond donors (Lipinski definition) is 2. The highest BCUT2D eigenvalue weighted by Gasteiger charge is 2.31. The van der Waals surface area contributed by atoms with Gasteiger partial charge in [0.15, 0.2) is 0 Å². The van der Waals surface area contributed by atoms with Crippen molar-refractivity contribution in [2.24, 2.45) is 5.10 Å². The van der Waals surface area contributed by atoms with E-state index < -0.39 is 11.9 Å². The van der Waals surface area contributed by atoms with Gasteiger partial charge in [-0.3, -0.25) is 14.4 Å². The maximum absolute atomic E-state index is 13.1. The van der Waals surface area contributed by atoms with E-state index in [0.29, 0.717) is 12.1 Å². The second-order valence-electron chi connectivity index (χ2n) is 8.54. The summed E-state index contributed by atoms with van der Waals surface area (Å²) in [5, 5.41) is 11.5. The fourth-order valence-corrected chi connectivity index (χ4v) is 3.68. The van der Waals surface area contributed by atoms with Gasteiger partial charge in [0.25, 0.3) is 5.91 Å². The predicted octanol–water partition coefficient (Wildman–Crippen LogP) is 2.79. The standard InChI is InChI=1S/C25H28N4O3/c1-16-8-9-17(2)22(14-16)29-23(30)13-12-20(28-29)24(31)27-21(25(32)26-19-10-11-19)15-18-6-4-3-5-7-18/h3-9,14,19,21H,10-13,15H2,1-2H3,(H,26,32)(H,27,31). The van der Waals surface area contributed by atoms with Crippen LogP contribution in [0.3, 0.4) is 0 Å². The number of hydrogen-bond acceptors (Lipinski definition) is 4. The molecule has 1 saturated carbocycles. The van der Waals surface area contributed by atoms with E-state index in [-0.39, 0.29) is 36.4 Å². The number of benzene rings is 2. The van der Waals surface area contributed by atoms with Crippen LogP contribution < -0.4 is 15.6 Å². The number of aryl methyl sites for hydroxylation is 2. The molecule has 1 aliphatic heterocycles. The summed E-state index contributed by atoms with van der Waals surface area (Å²) in [4.78, 5) is 38.4. The van der Waals surface area contributed by atoms with Crippen molar-refractivity contribution in [3.05, 3.63) is 65.2 Å². The Morgan fingerprint density at radius 1 is 1.09 bits per heavy atom. The molecule has 166 valence electrons. The highest BCUT2D eigenvalue weighted by atomic mass is 16.2. The number of nitrogens with one attached hydrogen (secondary N) is 2. The smallest absolute Gasteiger partial charge is 0.268 e. The monoisotopic (exact) mass is 432 g/mol. The zero-order valence-electron chi connectivity index (χ0n) is 18.4. The maximum atomic E-state index is 13.1. The quantitative estimate of drug-likeness (QED) is 0.705. The number of nitrogens with zero attached hydrogens (tertiary/aromatic N) is 2. The van der Waals surface area contributed by atoms with Crippen LogP contribution in [-0.4, -0.2) is 35.5 Å². The van der Waals surface area contributed by atoms with Crippen LogP contribution in [0.15, 0.2) is 53.6 Å². The topological polar surface area (TPSA) is 90.9 Å². The highest BCUT2D eigenvalue weighted by molar-refractivity contribution is 6.40. The lowest BCUT2D eigenvalue weighted by molar-refractivity contribution is -0.126. The molecule has 2 aliphatic rings. The summed E-state index contributed by atoms with van der Waals surface area (Å²) in [6, 6.07) is 14.9. The first-order valence-corrected chi connectivity index (χ1v) is 11.0. The molecule has 0 bridgehead atoms. The van der Waals surface area contributed by atoms with Gasteiger partial charge in [-0.25, -0.2) is 5.01 Å². The molecule has 0 aromatic heterocycles. The van der Waals surface area contributed by atoms with Crippen molar-refractivity contribution in [2.75, 3.05) is 5.01 Å². The van der Waals surface area contributed by atoms with Crippen LogP contribution >= 0.6 is 0 Å². The van der Waals surface area contributed by atoms with Crippen LogP contribution in [-0.2, 0) is 20.8 Å². The zero-order valence-corrected chi connectivity index (χ0v) is 18.4. The molecule has 3 amide bonds. The van der Waals surface area contributed by atoms with Crippen molar-refractivity contribution in [3.63, 3.8) is 0 Å². The lowest BCUT2D eigenvalue weighted by atomic mass is 10.0. The summed E-state index contributed by atoms with van der Waals surface area (Å²) in [7, 11) is 0. The fraction of sp³-hybridized carbons (Fsp3) is 0.360. The molecule has 1 aliphatic carbocycles. The van der Waals surface area contributed by atoms with Crippen LogP contribution in [0.4, 0.5) is 5.69 Å². The molecule has 2 N–H and O–H groups in total. The lowest BCUT2D eigenvalue weighted by Gasteiger charge is -2.26. The number of rotatable bonds is 7. The van der Waals surface area contributed by atoms with E-state index in [1.54, 1.807) is 0 Å². The Kier molecular flexibility index (Phi) is 6.35. The molecule has 2 aromatic carbocycles. The minimum atomic E-state index is -0.708. The number of carbonyl (C=O) groups is 3. The molecule has 4 rings (SSSR count). The highest BCUT2D eigenvalue weighted by Crippen LogP contribution is 2.25. The van der Waals surface area contributed by atoms with Crippen molar-refractivity contribution in [1.82, 2.24) is 10.6 Å². The van der Waals surface area contributed by atoms with Crippen molar-refractivity contribution in [3.8, 4) is 0 Å². The fourth-order valence-electron chi connectivity index (χ4n) is 3.68. The third-order valence-corrected chi connectivity index (χ3v) is 5.72. The average molecular weight is 433 g/mol. The molecule has 1 fully saturated rings. The molecular formula is C25H28N4O3. The van der Waals surface area contributed by atoms with Crippen LogP contribution in [0, 0.1) is 13.8 Å². The first-order chi connectivity index (χ1) is 15.4. The van der Waals surface area contributed by atoms with E-state index in [9.17, 15) is 14.4 Å². The summed E-state index contributed by atoms with van der Waals surface area (Å²) in [6.45, 7) is 3.85. The number of amides is 3. The Labute approximate surface area is 187 Å². The second-order valence-corrected chi connectivity index (χ2v) is 8.54. The summed E-state index contributed by atoms with van der Waals surface area (Å²) in [5.41, 5.74) is 3.79. The van der Waals surface area contributed by atoms with Crippen LogP contribution in [0.25, 0.3) is 0 Å². The Morgan fingerprint density at radius 3 is 2.56 bits per heavy atom. The van der Waals surface area contributed by atoms with E-state index in [1.807, 2.05) is 62.4 Å². The van der Waals surface area contributed by atoms with Gasteiger partial charge in [0.1, 0.15) is 11.8 Å². The van der Waals surface area contributed by atoms with Gasteiger partial charge in [-0.2, -0.15) is 5.10 Å². The Hall–Kier alpha value is -3.48. The first kappa shape index (κ1) is 21.7. The van der Waals surface area contributed by atoms with E-state index in [1.165, 1.54) is 5.01 Å². The molecule has 2 aromatic rings. The first-order valence-electron chi connectivity index (χ1n) is 11.0. The van der Waals surface area contributed by atoms with Gasteiger partial charge in [-0.05, 0) is 49.4 Å². The minimum Gasteiger partial charge on any atom is -0.352 e. The molecular weight excluding hydrogens is 404 g/mol. The largest absolute Gasteiger partial charge is 0.352 e. The molecule has 1 heterocycles. The number of hydrazone groups is 1. The third kappa shape index (κ3) is 5.22. The summed E-state index contributed by atoms with van der Waals surface area (Å²) in [6.07, 6.45) is 2.76. The summed E-state index contributed by atoms with van der Waals surface area (Å²) in [5.74, 6) is -0.759. The van der Waals surface area contributed by atoms with Crippen molar-refractivity contribution >= 4 is 29.1 Å². The molecule has 1 unspecified atom stereocenters. The van der Waals surface area contributed by atoms with Gasteiger partial charge in [0.05, 0.1) is 5.69 Å². The zero-order chi connectivity index (χ0) is 22.7. The molecule has 7 nitrogen and oxygen atoms in total. The van der Waals surface area contributed by atoms with E-state index in [4.69, 9.17) is 0 Å². The summed E-state index contributed by atoms with van der Waals surface area (Å²) < 4.78 is 0. The van der Waals surface area contributed by atoms with E-state index in [2.05, 4.69) is 15.7 Å². The summed E-state index contributed by atoms with van der Waals surface area (Å²) >= 11 is 0. The normalized spacial score (nSPS) is 16.9. The Bertz CT molecular complexity index is 1060. The Balaban J connectivity index is 1.54. The molecule has 0 spiro atoms. The van der Waals surface area contributed by atoms with Gasteiger partial charge in [0, 0.05) is 25.3 Å². The van der Waals surface area contributed by atoms with Crippen LogP contribution in [0.2, 0.25) is 0 Å². The van der Waals surface area contributed by atoms with Crippen molar-refractivity contribution in [2.45, 2.75) is 58.0 Å². The van der Waals surface area contributed by atoms with E-state index >= 15 is 0 Å². The average Bonchev–Trinajstić information content (AvgIpc) is 3.60. The number of anilines is 1. The van der Waals surface area contributed by atoms with Crippen LogP contribution in [0.1, 0.15) is 42.4 Å². The van der Waals surface area contributed by atoms with Crippen molar-refractivity contribution < 1.29 is 14.4 Å². The molecule has 1 atom stereocenters. The van der Waals surface area contributed by atoms with Crippen molar-refractivity contribution in [1.29, 1.82) is 0 Å². The molecule has 32 heavy (non-hydrogen) atoms. The third-order valence-electron chi connectivity index (χ3n) is 5.72. The van der Waals surface area contributed by atoms with E-state index in [0.717, 1.165) is 29.5 Å². The number of carbonyl (C=O) groups excluding carboxylic acids is 3. The second kappa shape index (κ2) is 9.34. The van der Waals surface area contributed by atoms with Gasteiger partial charge < -0.3 is 10.6 Å². The molecule has 7 heteroatoms. The SMILES string of the molecule is Cc1ccc(C)c(N2N=C(C(=O)NC(Cc3ccccc3)C(=O)NC3CC3)CCC2=O)c1. The van der Waals surface area contributed by atoms with Gasteiger partial charge in [-0.15, -0.1) is 0 Å². The van der Waals surface area contributed by atoms with Gasteiger partial charge >= 0.3 is 0 Å². The van der Waals surface area contributed by atoms with Gasteiger partial charge in [0.2, 0.25) is 11.8 Å². The minimum absolute atomic E-state index is 0.150. The molecule has 0 saturated heterocycles. The van der Waals surface area contributed by atoms with Gasteiger partial charge in [-0.1, -0.05) is 42.5 Å². The molecule has 0 radical (unpaired) electrons.